The topological polar surface area (TPSA) is 132 Å². The molecular formula is C22H27FN4O6S. The Hall–Kier alpha value is -3.12. The second-order valence-corrected chi connectivity index (χ2v) is 10.8. The van der Waals surface area contributed by atoms with Gasteiger partial charge in [0.25, 0.3) is 5.69 Å². The van der Waals surface area contributed by atoms with Crippen molar-refractivity contribution in [3.05, 3.63) is 63.7 Å². The molecule has 1 aromatic heterocycles. The molecule has 0 saturated heterocycles. The van der Waals surface area contributed by atoms with E-state index in [0.717, 1.165) is 10.5 Å². The molecule has 10 nitrogen and oxygen atoms in total. The van der Waals surface area contributed by atoms with E-state index in [1.165, 1.54) is 37.3 Å². The number of nitrogens with one attached hydrogen (secondary N) is 1. The highest BCUT2D eigenvalue weighted by Crippen LogP contribution is 2.43. The maximum absolute atomic E-state index is 14.0. The molecule has 0 fully saturated rings. The van der Waals surface area contributed by atoms with E-state index in [-0.39, 0.29) is 24.4 Å². The first kappa shape index (κ1) is 25.5. The minimum absolute atomic E-state index is 0.135. The number of sulfonamides is 1. The molecule has 1 amide bonds. The number of rotatable bonds is 9. The zero-order valence-electron chi connectivity index (χ0n) is 19.2. The van der Waals surface area contributed by atoms with E-state index in [1.54, 1.807) is 13.8 Å². The van der Waals surface area contributed by atoms with Crippen molar-refractivity contribution >= 4 is 21.6 Å². The lowest BCUT2D eigenvalue weighted by Crippen LogP contribution is -2.48. The summed E-state index contributed by atoms with van der Waals surface area (Å²) in [5.41, 5.74) is 0.0535. The third-order valence-corrected chi connectivity index (χ3v) is 7.32. The SMILES string of the molecule is CCS(=O)(=O)N(CC(=O)NCCc1ccc([N+](=O)[O-])cn1)C1CC(C)(C)Oc2ccc(F)cc21. The van der Waals surface area contributed by atoms with Gasteiger partial charge in [0, 0.05) is 36.7 Å². The highest BCUT2D eigenvalue weighted by atomic mass is 32.2. The molecule has 1 aromatic carbocycles. The quantitative estimate of drug-likeness (QED) is 0.419. The number of hydrogen-bond acceptors (Lipinski definition) is 7. The molecular weight excluding hydrogens is 467 g/mol. The van der Waals surface area contributed by atoms with Crippen molar-refractivity contribution in [3.8, 4) is 5.75 Å². The first-order chi connectivity index (χ1) is 15.9. The zero-order valence-corrected chi connectivity index (χ0v) is 20.0. The minimum atomic E-state index is -3.83. The van der Waals surface area contributed by atoms with Crippen LogP contribution in [0.2, 0.25) is 0 Å². The Morgan fingerprint density at radius 1 is 1.35 bits per heavy atom. The standard InChI is InChI=1S/C22H27FN4O6S/c1-4-34(31,32)26(19-12-22(2,3)33-20-8-5-15(23)11-18(19)20)14-21(28)24-10-9-16-6-7-17(13-25-16)27(29)30/h5-8,11,13,19H,4,9-10,12,14H2,1-3H3,(H,24,28). The zero-order chi connectivity index (χ0) is 25.1. The summed E-state index contributed by atoms with van der Waals surface area (Å²) in [6, 6.07) is 5.99. The van der Waals surface area contributed by atoms with Crippen molar-refractivity contribution in [3.63, 3.8) is 0 Å². The van der Waals surface area contributed by atoms with Gasteiger partial charge in [0.1, 0.15) is 23.4 Å². The second kappa shape index (κ2) is 10.0. The van der Waals surface area contributed by atoms with Gasteiger partial charge in [-0.3, -0.25) is 19.9 Å². The monoisotopic (exact) mass is 494 g/mol. The molecule has 0 saturated carbocycles. The Morgan fingerprint density at radius 3 is 2.71 bits per heavy atom. The van der Waals surface area contributed by atoms with Crippen LogP contribution < -0.4 is 10.1 Å². The molecule has 1 unspecified atom stereocenters. The third-order valence-electron chi connectivity index (χ3n) is 5.49. The van der Waals surface area contributed by atoms with Crippen molar-refractivity contribution < 1.29 is 27.3 Å². The summed E-state index contributed by atoms with van der Waals surface area (Å²) in [7, 11) is -3.83. The van der Waals surface area contributed by atoms with Crippen LogP contribution in [0.15, 0.2) is 36.5 Å². The molecule has 34 heavy (non-hydrogen) atoms. The predicted molar refractivity (Wildman–Crippen MR) is 122 cm³/mol. The smallest absolute Gasteiger partial charge is 0.287 e. The number of aromatic nitrogens is 1. The van der Waals surface area contributed by atoms with Crippen LogP contribution in [0.4, 0.5) is 10.1 Å². The highest BCUT2D eigenvalue weighted by molar-refractivity contribution is 7.89. The van der Waals surface area contributed by atoms with Crippen LogP contribution in [0.5, 0.6) is 5.75 Å². The first-order valence-corrected chi connectivity index (χ1v) is 12.4. The van der Waals surface area contributed by atoms with Gasteiger partial charge in [0.15, 0.2) is 0 Å². The van der Waals surface area contributed by atoms with E-state index in [2.05, 4.69) is 10.3 Å². The Morgan fingerprint density at radius 2 is 2.09 bits per heavy atom. The number of halogens is 1. The van der Waals surface area contributed by atoms with Gasteiger partial charge in [-0.05, 0) is 45.0 Å². The molecule has 12 heteroatoms. The van der Waals surface area contributed by atoms with E-state index >= 15 is 0 Å². The van der Waals surface area contributed by atoms with Gasteiger partial charge in [0.2, 0.25) is 15.9 Å². The van der Waals surface area contributed by atoms with Crippen LogP contribution >= 0.6 is 0 Å². The average molecular weight is 495 g/mol. The fourth-order valence-electron chi connectivity index (χ4n) is 3.81. The number of carbonyl (C=O) groups excluding carboxylic acids is 1. The van der Waals surface area contributed by atoms with Gasteiger partial charge in [-0.15, -0.1) is 0 Å². The number of hydrogen-bond donors (Lipinski definition) is 1. The summed E-state index contributed by atoms with van der Waals surface area (Å²) in [5.74, 6) is -0.902. The summed E-state index contributed by atoms with van der Waals surface area (Å²) < 4.78 is 47.0. The van der Waals surface area contributed by atoms with Crippen LogP contribution in [0.25, 0.3) is 0 Å². The van der Waals surface area contributed by atoms with Crippen molar-refractivity contribution in [2.75, 3.05) is 18.8 Å². The fraction of sp³-hybridized carbons (Fsp3) is 0.455. The van der Waals surface area contributed by atoms with Crippen molar-refractivity contribution in [1.29, 1.82) is 0 Å². The maximum Gasteiger partial charge on any atom is 0.287 e. The van der Waals surface area contributed by atoms with Crippen molar-refractivity contribution in [1.82, 2.24) is 14.6 Å². The molecule has 1 atom stereocenters. The number of amides is 1. The van der Waals surface area contributed by atoms with Gasteiger partial charge < -0.3 is 10.1 Å². The summed E-state index contributed by atoms with van der Waals surface area (Å²) in [5, 5.41) is 13.4. The van der Waals surface area contributed by atoms with Crippen LogP contribution in [0.3, 0.4) is 0 Å². The minimum Gasteiger partial charge on any atom is -0.487 e. The van der Waals surface area contributed by atoms with E-state index in [0.29, 0.717) is 23.4 Å². The maximum atomic E-state index is 14.0. The Labute approximate surface area is 197 Å². The van der Waals surface area contributed by atoms with Crippen LogP contribution in [0.1, 0.15) is 44.5 Å². The lowest BCUT2D eigenvalue weighted by molar-refractivity contribution is -0.385. The molecule has 0 aliphatic carbocycles. The summed E-state index contributed by atoms with van der Waals surface area (Å²) in [4.78, 5) is 26.8. The van der Waals surface area contributed by atoms with Crippen LogP contribution in [0, 0.1) is 15.9 Å². The second-order valence-electron chi connectivity index (χ2n) is 8.57. The first-order valence-electron chi connectivity index (χ1n) is 10.8. The van der Waals surface area contributed by atoms with Gasteiger partial charge in [-0.2, -0.15) is 4.31 Å². The summed E-state index contributed by atoms with van der Waals surface area (Å²) in [6.45, 7) is 4.81. The van der Waals surface area contributed by atoms with Crippen LogP contribution in [-0.4, -0.2) is 53.0 Å². The van der Waals surface area contributed by atoms with E-state index in [1.807, 2.05) is 0 Å². The van der Waals surface area contributed by atoms with E-state index in [9.17, 15) is 27.7 Å². The predicted octanol–water partition coefficient (Wildman–Crippen LogP) is 2.74. The summed E-state index contributed by atoms with van der Waals surface area (Å²) in [6.07, 6.45) is 1.68. The largest absolute Gasteiger partial charge is 0.487 e. The Kier molecular flexibility index (Phi) is 7.51. The summed E-state index contributed by atoms with van der Waals surface area (Å²) >= 11 is 0. The molecule has 0 bridgehead atoms. The number of nitrogens with zero attached hydrogens (tertiary/aromatic N) is 3. The normalized spacial score (nSPS) is 17.0. The molecule has 2 heterocycles. The number of ether oxygens (including phenoxy) is 1. The lowest BCUT2D eigenvalue weighted by atomic mass is 9.89. The number of nitro groups is 1. The third kappa shape index (κ3) is 6.06. The van der Waals surface area contributed by atoms with E-state index in [4.69, 9.17) is 4.74 Å². The van der Waals surface area contributed by atoms with Gasteiger partial charge in [0.05, 0.1) is 23.3 Å². The number of benzene rings is 1. The Bertz CT molecular complexity index is 1170. The van der Waals surface area contributed by atoms with E-state index < -0.39 is 44.9 Å². The van der Waals surface area contributed by atoms with Gasteiger partial charge >= 0.3 is 0 Å². The molecule has 2 aromatic rings. The number of carbonyl (C=O) groups is 1. The molecule has 1 aliphatic rings. The Balaban J connectivity index is 1.75. The molecule has 184 valence electrons. The van der Waals surface area contributed by atoms with Gasteiger partial charge in [-0.1, -0.05) is 0 Å². The molecule has 1 N–H and O–H groups in total. The molecule has 1 aliphatic heterocycles. The fourth-order valence-corrected chi connectivity index (χ4v) is 5.03. The van der Waals surface area contributed by atoms with Crippen molar-refractivity contribution in [2.24, 2.45) is 0 Å². The van der Waals surface area contributed by atoms with Crippen LogP contribution in [-0.2, 0) is 21.2 Å². The molecule has 3 rings (SSSR count). The highest BCUT2D eigenvalue weighted by Gasteiger charge is 2.41. The lowest BCUT2D eigenvalue weighted by Gasteiger charge is -2.41. The number of fused-ring (bicyclic) bond motifs is 1. The molecule has 0 radical (unpaired) electrons. The molecule has 0 spiro atoms. The van der Waals surface area contributed by atoms with Gasteiger partial charge in [-0.25, -0.2) is 12.8 Å². The number of pyridine rings is 1. The van der Waals surface area contributed by atoms with Crippen molar-refractivity contribution in [2.45, 2.75) is 45.3 Å². The average Bonchev–Trinajstić information content (AvgIpc) is 2.77.